The molecule has 132 valence electrons. The first-order chi connectivity index (χ1) is 11.3. The maximum atomic E-state index is 6.05. The molecule has 1 aromatic carbocycles. The van der Waals surface area contributed by atoms with Gasteiger partial charge in [-0.25, -0.2) is 0 Å². The molecule has 1 aromatic heterocycles. The van der Waals surface area contributed by atoms with E-state index in [1.807, 2.05) is 23.6 Å². The van der Waals surface area contributed by atoms with Crippen LogP contribution in [0.25, 0.3) is 0 Å². The smallest absolute Gasteiger partial charge is 0.195 e. The molecule has 0 saturated heterocycles. The first-order valence-electron chi connectivity index (χ1n) is 8.24. The van der Waals surface area contributed by atoms with Gasteiger partial charge in [-0.05, 0) is 48.7 Å². The molecule has 24 heavy (non-hydrogen) atoms. The van der Waals surface area contributed by atoms with Gasteiger partial charge in [0.2, 0.25) is 0 Å². The van der Waals surface area contributed by atoms with Crippen molar-refractivity contribution in [3.05, 3.63) is 40.4 Å². The minimum Gasteiger partial charge on any atom is -0.483 e. The zero-order valence-electron chi connectivity index (χ0n) is 15.1. The lowest BCUT2D eigenvalue weighted by Crippen LogP contribution is -2.14. The van der Waals surface area contributed by atoms with E-state index in [4.69, 9.17) is 21.7 Å². The highest BCUT2D eigenvalue weighted by molar-refractivity contribution is 7.71. The Labute approximate surface area is 149 Å². The van der Waals surface area contributed by atoms with E-state index < -0.39 is 0 Å². The molecule has 0 aliphatic rings. The number of aromatic amines is 1. The molecule has 2 aromatic rings. The number of hydrogen-bond donors (Lipinski definition) is 1. The number of ether oxygens (including phenoxy) is 2. The van der Waals surface area contributed by atoms with Crippen LogP contribution in [0, 0.1) is 4.77 Å². The number of nitrogens with zero attached hydrogens (tertiary/aromatic N) is 2. The number of H-pyrrole nitrogens is 1. The van der Waals surface area contributed by atoms with E-state index in [0.717, 1.165) is 24.5 Å². The molecule has 0 aliphatic carbocycles. The Morgan fingerprint density at radius 3 is 2.50 bits per heavy atom. The molecule has 6 heteroatoms. The molecule has 0 saturated carbocycles. The van der Waals surface area contributed by atoms with E-state index in [-0.39, 0.29) is 11.5 Å². The maximum absolute atomic E-state index is 6.05. The third kappa shape index (κ3) is 4.68. The van der Waals surface area contributed by atoms with E-state index in [0.29, 0.717) is 11.4 Å². The van der Waals surface area contributed by atoms with Crippen molar-refractivity contribution in [3.63, 3.8) is 0 Å². The first-order valence-corrected chi connectivity index (χ1v) is 8.65. The molecule has 0 aliphatic heterocycles. The highest BCUT2D eigenvalue weighted by Crippen LogP contribution is 2.26. The van der Waals surface area contributed by atoms with Crippen molar-refractivity contribution in [1.82, 2.24) is 14.8 Å². The number of aromatic nitrogens is 3. The molecule has 1 unspecified atom stereocenters. The molecule has 0 bridgehead atoms. The molecule has 0 spiro atoms. The molecular formula is C18H27N3O2S. The Morgan fingerprint density at radius 2 is 1.92 bits per heavy atom. The minimum absolute atomic E-state index is 0.133. The first kappa shape index (κ1) is 18.7. The zero-order chi connectivity index (χ0) is 17.7. The van der Waals surface area contributed by atoms with Gasteiger partial charge in [0.05, 0.1) is 0 Å². The lowest BCUT2D eigenvalue weighted by molar-refractivity contribution is 0.184. The van der Waals surface area contributed by atoms with Crippen LogP contribution in [0.5, 0.6) is 5.75 Å². The summed E-state index contributed by atoms with van der Waals surface area (Å²) in [6.07, 6.45) is 0.686. The summed E-state index contributed by atoms with van der Waals surface area (Å²) in [6.45, 7) is 10.0. The molecule has 2 rings (SSSR count). The second-order valence-electron chi connectivity index (χ2n) is 6.92. The fourth-order valence-corrected chi connectivity index (χ4v) is 2.74. The van der Waals surface area contributed by atoms with Crippen molar-refractivity contribution in [1.29, 1.82) is 0 Å². The summed E-state index contributed by atoms with van der Waals surface area (Å²) < 4.78 is 13.7. The summed E-state index contributed by atoms with van der Waals surface area (Å²) in [5, 5.41) is 7.18. The van der Waals surface area contributed by atoms with Gasteiger partial charge >= 0.3 is 0 Å². The molecule has 0 radical (unpaired) electrons. The molecule has 1 heterocycles. The fraction of sp³-hybridized carbons (Fsp3) is 0.556. The predicted molar refractivity (Wildman–Crippen MR) is 98.1 cm³/mol. The Kier molecular flexibility index (Phi) is 6.18. The molecule has 0 amide bonds. The van der Waals surface area contributed by atoms with Crippen LogP contribution in [0.2, 0.25) is 0 Å². The largest absolute Gasteiger partial charge is 0.483 e. The summed E-state index contributed by atoms with van der Waals surface area (Å²) in [5.41, 5.74) is 1.42. The molecule has 1 atom stereocenters. The number of rotatable bonds is 7. The van der Waals surface area contributed by atoms with Crippen LogP contribution in [-0.2, 0) is 16.7 Å². The highest BCUT2D eigenvalue weighted by Gasteiger charge is 2.17. The molecular weight excluding hydrogens is 322 g/mol. The minimum atomic E-state index is -0.194. The van der Waals surface area contributed by atoms with Crippen LogP contribution < -0.4 is 4.74 Å². The summed E-state index contributed by atoms with van der Waals surface area (Å²) in [4.78, 5) is 0. The van der Waals surface area contributed by atoms with E-state index in [9.17, 15) is 0 Å². The van der Waals surface area contributed by atoms with Gasteiger partial charge in [0.15, 0.2) is 16.7 Å². The number of hydrogen-bond acceptors (Lipinski definition) is 4. The van der Waals surface area contributed by atoms with Crippen molar-refractivity contribution in [3.8, 4) is 5.75 Å². The summed E-state index contributed by atoms with van der Waals surface area (Å²) >= 11 is 5.31. The van der Waals surface area contributed by atoms with Gasteiger partial charge in [0.25, 0.3) is 0 Å². The Balaban J connectivity index is 2.10. The van der Waals surface area contributed by atoms with E-state index in [2.05, 4.69) is 43.1 Å². The average molecular weight is 350 g/mol. The van der Waals surface area contributed by atoms with Gasteiger partial charge in [-0.15, -0.1) is 0 Å². The summed E-state index contributed by atoms with van der Waals surface area (Å²) in [7, 11) is 1.70. The van der Waals surface area contributed by atoms with E-state index >= 15 is 0 Å². The van der Waals surface area contributed by atoms with E-state index in [1.165, 1.54) is 5.56 Å². The maximum Gasteiger partial charge on any atom is 0.195 e. The third-order valence-corrected chi connectivity index (χ3v) is 4.23. The van der Waals surface area contributed by atoms with Crippen molar-refractivity contribution < 1.29 is 9.47 Å². The van der Waals surface area contributed by atoms with Gasteiger partial charge in [0.1, 0.15) is 5.75 Å². The standard InChI is InChI=1S/C18H27N3O2S/c1-13(16-19-20-17(24)21(16)11-6-12-22-5)23-15-9-7-14(8-10-15)18(2,3)4/h7-10,13H,6,11-12H2,1-5H3,(H,20,24). The molecule has 1 N–H and O–H groups in total. The predicted octanol–water partition coefficient (Wildman–Crippen LogP) is 4.41. The van der Waals surface area contributed by atoms with Crippen molar-refractivity contribution in [2.24, 2.45) is 0 Å². The van der Waals surface area contributed by atoms with Crippen LogP contribution >= 0.6 is 12.2 Å². The van der Waals surface area contributed by atoms with Gasteiger partial charge in [-0.2, -0.15) is 5.10 Å². The second-order valence-corrected chi connectivity index (χ2v) is 7.31. The SMILES string of the molecule is COCCCn1c(C(C)Oc2ccc(C(C)(C)C)cc2)n[nH]c1=S. The lowest BCUT2D eigenvalue weighted by Gasteiger charge is -2.20. The summed E-state index contributed by atoms with van der Waals surface area (Å²) in [6, 6.07) is 8.23. The molecule has 5 nitrogen and oxygen atoms in total. The average Bonchev–Trinajstić information content (AvgIpc) is 2.88. The van der Waals surface area contributed by atoms with Crippen LogP contribution in [0.3, 0.4) is 0 Å². The summed E-state index contributed by atoms with van der Waals surface area (Å²) in [5.74, 6) is 1.63. The van der Waals surface area contributed by atoms with Gasteiger partial charge in [-0.1, -0.05) is 32.9 Å². The third-order valence-electron chi connectivity index (χ3n) is 3.91. The molecule has 0 fully saturated rings. The van der Waals surface area contributed by atoms with Crippen molar-refractivity contribution in [2.45, 2.75) is 52.2 Å². The monoisotopic (exact) mass is 349 g/mol. The van der Waals surface area contributed by atoms with Crippen molar-refractivity contribution in [2.75, 3.05) is 13.7 Å². The Morgan fingerprint density at radius 1 is 1.25 bits per heavy atom. The van der Waals surface area contributed by atoms with Crippen LogP contribution in [0.1, 0.15) is 51.6 Å². The van der Waals surface area contributed by atoms with Crippen LogP contribution in [0.4, 0.5) is 0 Å². The number of methoxy groups -OCH3 is 1. The van der Waals surface area contributed by atoms with Crippen LogP contribution in [-0.4, -0.2) is 28.5 Å². The number of benzene rings is 1. The van der Waals surface area contributed by atoms with E-state index in [1.54, 1.807) is 7.11 Å². The topological polar surface area (TPSA) is 52.1 Å². The van der Waals surface area contributed by atoms with Crippen molar-refractivity contribution >= 4 is 12.2 Å². The highest BCUT2D eigenvalue weighted by atomic mass is 32.1. The van der Waals surface area contributed by atoms with Gasteiger partial charge in [-0.3, -0.25) is 5.10 Å². The number of nitrogens with one attached hydrogen (secondary N) is 1. The van der Waals surface area contributed by atoms with Crippen LogP contribution in [0.15, 0.2) is 24.3 Å². The Hall–Kier alpha value is -1.66. The van der Waals surface area contributed by atoms with Gasteiger partial charge in [0, 0.05) is 20.3 Å². The van der Waals surface area contributed by atoms with Gasteiger partial charge < -0.3 is 14.0 Å². The quantitative estimate of drug-likeness (QED) is 0.594. The zero-order valence-corrected chi connectivity index (χ0v) is 15.9. The normalized spacial score (nSPS) is 13.0. The Bertz CT molecular complexity index is 698. The fourth-order valence-electron chi connectivity index (χ4n) is 2.51. The lowest BCUT2D eigenvalue weighted by atomic mass is 9.87. The second kappa shape index (κ2) is 7.94.